The maximum absolute atomic E-state index is 11.3. The molecule has 0 bridgehead atoms. The minimum absolute atomic E-state index is 0.0681. The Morgan fingerprint density at radius 1 is 0.293 bits per heavy atom. The third kappa shape index (κ3) is 45.0. The molecule has 123 heavy (non-hydrogen) atoms. The van der Waals surface area contributed by atoms with Gasteiger partial charge in [0.1, 0.15) is 13.2 Å². The van der Waals surface area contributed by atoms with E-state index in [9.17, 15) is 101 Å². The SMILES string of the molecule is C=C(C)C(=O)OC1C(=O)OCC1C.C=C(C)C(=O)OC1CCCOC1=O.C=C(C)C(=O)OC1CCOC1=O.C=C(C)C(=O)OCCC(=O)OC1CCOC1=O.C=CC(=O)OC1C(=O)OCC1C.C=CC(=O)OC1CCCOC1=O.C=CC(=O)OC1CCOC1=O.C=CC(=O)OCCC(=O)OC1CCOC1=O.C=CC(=O)OCCCC(=O)OC1CCOC1=O. The first-order valence-electron chi connectivity index (χ1n) is 37.7. The quantitative estimate of drug-likeness (QED) is 0.0469. The Bertz CT molecular complexity index is 3860. The van der Waals surface area contributed by atoms with E-state index in [1.807, 2.05) is 0 Å². The third-order valence-electron chi connectivity index (χ3n) is 15.5. The molecule has 9 aliphatic heterocycles. The topological polar surface area (TPSA) is 552 Å². The first-order chi connectivity index (χ1) is 58.1. The number of cyclic esters (lactones) is 9. The van der Waals surface area contributed by atoms with Gasteiger partial charge < -0.3 is 99.5 Å². The molecule has 42 nitrogen and oxygen atoms in total. The molecule has 9 rings (SSSR count). The second-order valence-corrected chi connectivity index (χ2v) is 26.1. The number of ether oxygens (including phenoxy) is 21. The molecule has 9 fully saturated rings. The van der Waals surface area contributed by atoms with Crippen LogP contribution in [-0.4, -0.2) is 260 Å². The molecule has 0 aliphatic carbocycles. The van der Waals surface area contributed by atoms with Gasteiger partial charge in [-0.25, -0.2) is 86.3 Å². The summed E-state index contributed by atoms with van der Waals surface area (Å²) in [7, 11) is 0. The molecular weight excluding hydrogens is 1640 g/mol. The first-order valence-corrected chi connectivity index (χ1v) is 37.7. The Kier molecular flexibility index (Phi) is 51.8. The molecule has 0 spiro atoms. The molecule has 0 aromatic rings. The molecule has 0 radical (unpaired) electrons. The summed E-state index contributed by atoms with van der Waals surface area (Å²) in [5, 5.41) is 0. The summed E-state index contributed by atoms with van der Waals surface area (Å²) in [6.45, 7) is 42.3. The molecule has 11 unspecified atom stereocenters. The van der Waals surface area contributed by atoms with Gasteiger partial charge >= 0.3 is 125 Å². The number of hydrogen-bond acceptors (Lipinski definition) is 42. The van der Waals surface area contributed by atoms with Crippen LogP contribution in [0, 0.1) is 11.8 Å². The minimum Gasteiger partial charge on any atom is -0.463 e. The van der Waals surface area contributed by atoms with Crippen molar-refractivity contribution < 1.29 is 200 Å². The van der Waals surface area contributed by atoms with Gasteiger partial charge in [0.2, 0.25) is 42.7 Å². The van der Waals surface area contributed by atoms with Gasteiger partial charge in [-0.1, -0.05) is 73.1 Å². The van der Waals surface area contributed by atoms with Crippen LogP contribution in [-0.2, 0) is 200 Å². The van der Waals surface area contributed by atoms with Crippen molar-refractivity contribution in [2.75, 3.05) is 79.3 Å². The highest BCUT2D eigenvalue weighted by atomic mass is 16.7. The number of carbonyl (C=O) groups excluding carboxylic acids is 21. The molecule has 678 valence electrons. The van der Waals surface area contributed by atoms with E-state index in [0.717, 1.165) is 43.2 Å². The average molecular weight is 1750 g/mol. The van der Waals surface area contributed by atoms with Gasteiger partial charge in [0, 0.05) is 103 Å². The lowest BCUT2D eigenvalue weighted by Crippen LogP contribution is -2.33. The maximum Gasteiger partial charge on any atom is 0.347 e. The van der Waals surface area contributed by atoms with Gasteiger partial charge in [0.25, 0.3) is 0 Å². The Morgan fingerprint density at radius 2 is 0.553 bits per heavy atom. The second kappa shape index (κ2) is 59.3. The summed E-state index contributed by atoms with van der Waals surface area (Å²) in [5.41, 5.74) is 1.12. The zero-order valence-electron chi connectivity index (χ0n) is 68.9. The predicted octanol–water partition coefficient (Wildman–Crippen LogP) is 3.30. The van der Waals surface area contributed by atoms with Crippen LogP contribution in [0.2, 0.25) is 0 Å². The smallest absolute Gasteiger partial charge is 0.347 e. The summed E-state index contributed by atoms with van der Waals surface area (Å²) in [5.74, 6) is -11.3. The van der Waals surface area contributed by atoms with Crippen molar-refractivity contribution in [3.8, 4) is 0 Å². The molecule has 0 aromatic heterocycles. The third-order valence-corrected chi connectivity index (χ3v) is 15.5. The molecule has 9 aliphatic rings. The van der Waals surface area contributed by atoms with E-state index >= 15 is 0 Å². The number of hydrogen-bond donors (Lipinski definition) is 0. The van der Waals surface area contributed by atoms with E-state index in [0.29, 0.717) is 96.6 Å². The fourth-order valence-electron chi connectivity index (χ4n) is 8.97. The van der Waals surface area contributed by atoms with Crippen LogP contribution in [0.25, 0.3) is 0 Å². The normalized spacial score (nSPS) is 21.7. The molecule has 9 heterocycles. The van der Waals surface area contributed by atoms with Crippen molar-refractivity contribution in [1.82, 2.24) is 0 Å². The van der Waals surface area contributed by atoms with E-state index in [-0.39, 0.29) is 87.5 Å². The van der Waals surface area contributed by atoms with Gasteiger partial charge in [0.15, 0.2) is 12.2 Å². The van der Waals surface area contributed by atoms with Gasteiger partial charge in [0.05, 0.1) is 78.9 Å². The molecule has 0 aromatic carbocycles. The van der Waals surface area contributed by atoms with E-state index in [1.165, 1.54) is 27.7 Å². The van der Waals surface area contributed by atoms with E-state index < -0.39 is 180 Å². The summed E-state index contributed by atoms with van der Waals surface area (Å²) in [6.07, 6.45) is 3.10. The van der Waals surface area contributed by atoms with Crippen LogP contribution >= 0.6 is 0 Å². The van der Waals surface area contributed by atoms with Crippen molar-refractivity contribution in [2.24, 2.45) is 11.8 Å². The van der Waals surface area contributed by atoms with Crippen LogP contribution < -0.4 is 0 Å². The number of rotatable bonds is 28. The zero-order chi connectivity index (χ0) is 92.8. The Morgan fingerprint density at radius 3 is 0.846 bits per heavy atom. The summed E-state index contributed by atoms with van der Waals surface area (Å²) in [4.78, 5) is 229. The Hall–Kier alpha value is -13.5. The molecule has 0 saturated carbocycles. The number of carbonyl (C=O) groups is 21. The van der Waals surface area contributed by atoms with Crippen LogP contribution in [0.4, 0.5) is 0 Å². The lowest BCUT2D eigenvalue weighted by molar-refractivity contribution is -0.170. The summed E-state index contributed by atoms with van der Waals surface area (Å²) < 4.78 is 99.0. The molecule has 9 saturated heterocycles. The van der Waals surface area contributed by atoms with E-state index in [2.05, 4.69) is 107 Å². The monoisotopic (exact) mass is 1750 g/mol. The summed E-state index contributed by atoms with van der Waals surface area (Å²) in [6, 6.07) is 0. The van der Waals surface area contributed by atoms with Crippen LogP contribution in [0.5, 0.6) is 0 Å². The second-order valence-electron chi connectivity index (χ2n) is 26.1. The van der Waals surface area contributed by atoms with Gasteiger partial charge in [-0.05, 0) is 59.8 Å². The van der Waals surface area contributed by atoms with Crippen molar-refractivity contribution in [3.63, 3.8) is 0 Å². The first kappa shape index (κ1) is 108. The van der Waals surface area contributed by atoms with Crippen molar-refractivity contribution >= 4 is 125 Å². The number of esters is 21. The molecule has 11 atom stereocenters. The lowest BCUT2D eigenvalue weighted by Gasteiger charge is -2.20. The highest BCUT2D eigenvalue weighted by Gasteiger charge is 2.40. The van der Waals surface area contributed by atoms with Crippen LogP contribution in [0.1, 0.15) is 125 Å². The highest BCUT2D eigenvalue weighted by Crippen LogP contribution is 2.22. The molecule has 0 amide bonds. The fourth-order valence-corrected chi connectivity index (χ4v) is 8.97. The van der Waals surface area contributed by atoms with Crippen LogP contribution in [0.3, 0.4) is 0 Å². The fraction of sp³-hybridized carbons (Fsp3) is 0.519. The standard InChI is InChI=1S/2C11H14O6.C10H12O6.2C9H12O4.3C8H10O4.C7H8O4/c1-7(2)10(13)15-6-4-9(12)17-8-3-5-16-11(8)14;1-2-9(12)15-6-3-4-10(13)17-8-5-7-16-11(8)14;1-2-8(11)14-6-4-9(12)16-7-3-5-15-10(7)13;1-5(2)8(10)13-7-6(3)4-12-9(7)11;1-6(2)8(10)13-7-4-3-5-12-9(7)11;1-5(2)7(9)12-6-3-4-11-8(6)10;1-3-6(9)12-7-5(2)4-11-8(7)10;1-2-7(9)12-6-4-3-5-11-8(6)10;1-2-6(8)11-5-3-4-10-7(5)9/h8H,1,3-6H2,2H3;2,8H,1,3-7H2;2,7H,1,3-6H2;6-7H,1,4H2,2-3H3;7H,1,3-5H2,2H3;6H,1,3-4H2,2H3;3,5,7H,1,4H2,2H3;2,6H,1,3-5H2;2,5H,1,3-4H2. The van der Waals surface area contributed by atoms with Crippen molar-refractivity contribution in [1.29, 1.82) is 0 Å². The van der Waals surface area contributed by atoms with Crippen molar-refractivity contribution in [3.05, 3.63) is 112 Å². The molecule has 42 heteroatoms. The van der Waals surface area contributed by atoms with Gasteiger partial charge in [-0.15, -0.1) is 0 Å². The maximum atomic E-state index is 11.3. The summed E-state index contributed by atoms with van der Waals surface area (Å²) >= 11 is 0. The predicted molar refractivity (Wildman–Crippen MR) is 409 cm³/mol. The largest absolute Gasteiger partial charge is 0.463 e. The Balaban J connectivity index is 0.000000694. The minimum atomic E-state index is -0.820. The Labute approximate surface area is 705 Å². The van der Waals surface area contributed by atoms with Gasteiger partial charge in [-0.2, -0.15) is 0 Å². The van der Waals surface area contributed by atoms with E-state index in [1.54, 1.807) is 13.8 Å². The lowest BCUT2D eigenvalue weighted by atomic mass is 10.1. The van der Waals surface area contributed by atoms with Gasteiger partial charge in [-0.3, -0.25) is 14.4 Å². The molecular formula is C81H102O42. The van der Waals surface area contributed by atoms with E-state index in [4.69, 9.17) is 52.1 Å². The molecule has 0 N–H and O–H groups in total. The van der Waals surface area contributed by atoms with Crippen molar-refractivity contribution in [2.45, 2.75) is 180 Å². The highest BCUT2D eigenvalue weighted by molar-refractivity contribution is 5.93. The average Bonchev–Trinajstić information content (AvgIpc) is 1.70. The zero-order valence-corrected chi connectivity index (χ0v) is 68.9. The van der Waals surface area contributed by atoms with Crippen LogP contribution in [0.15, 0.2) is 112 Å².